The number of benzene rings is 1. The Morgan fingerprint density at radius 2 is 2.04 bits per heavy atom. The van der Waals surface area contributed by atoms with Gasteiger partial charge in [-0.2, -0.15) is 0 Å². The highest BCUT2D eigenvalue weighted by Gasteiger charge is 2.16. The third-order valence-electron chi connectivity index (χ3n) is 2.92. The summed E-state index contributed by atoms with van der Waals surface area (Å²) in [6.45, 7) is 2.40. The van der Waals surface area contributed by atoms with E-state index < -0.39 is 5.97 Å². The molecule has 0 saturated heterocycles. The van der Waals surface area contributed by atoms with Crippen molar-refractivity contribution in [3.8, 4) is 0 Å². The second kappa shape index (κ2) is 7.97. The number of thiocarbonyl (C=S) groups is 1. The normalized spacial score (nSPS) is 10.3. The third kappa shape index (κ3) is 4.81. The topological polar surface area (TPSA) is 50.4 Å². The molecule has 0 amide bonds. The lowest BCUT2D eigenvalue weighted by molar-refractivity contribution is 0.0602. The Balaban J connectivity index is 2.00. The maximum absolute atomic E-state index is 11.7. The van der Waals surface area contributed by atoms with Gasteiger partial charge in [-0.15, -0.1) is 11.3 Å². The van der Waals surface area contributed by atoms with E-state index in [1.54, 1.807) is 18.2 Å². The number of halogens is 2. The van der Waals surface area contributed by atoms with Gasteiger partial charge in [0.1, 0.15) is 5.00 Å². The van der Waals surface area contributed by atoms with Crippen LogP contribution in [0.25, 0.3) is 0 Å². The van der Waals surface area contributed by atoms with Crippen molar-refractivity contribution in [3.05, 3.63) is 50.3 Å². The molecule has 2 rings (SSSR count). The highest BCUT2D eigenvalue weighted by Crippen LogP contribution is 2.28. The van der Waals surface area contributed by atoms with E-state index in [2.05, 4.69) is 10.6 Å². The van der Waals surface area contributed by atoms with Gasteiger partial charge in [0.25, 0.3) is 0 Å². The van der Waals surface area contributed by atoms with Crippen LogP contribution >= 0.6 is 46.8 Å². The molecule has 1 aromatic carbocycles. The summed E-state index contributed by atoms with van der Waals surface area (Å²) < 4.78 is 4.76. The molecule has 0 bridgehead atoms. The van der Waals surface area contributed by atoms with E-state index in [1.807, 2.05) is 13.0 Å². The quantitative estimate of drug-likeness (QED) is 0.590. The molecule has 0 saturated carbocycles. The molecule has 0 spiro atoms. The Morgan fingerprint density at radius 3 is 2.70 bits per heavy atom. The zero-order chi connectivity index (χ0) is 17.0. The number of esters is 1. The number of ether oxygens (including phenoxy) is 1. The average Bonchev–Trinajstić information content (AvgIpc) is 2.88. The van der Waals surface area contributed by atoms with Gasteiger partial charge in [-0.3, -0.25) is 0 Å². The number of carbonyl (C=O) groups is 1. The first-order valence-electron chi connectivity index (χ1n) is 6.58. The number of hydrogen-bond acceptors (Lipinski definition) is 4. The summed E-state index contributed by atoms with van der Waals surface area (Å²) in [5.41, 5.74) is 1.41. The summed E-state index contributed by atoms with van der Waals surface area (Å²) in [6.07, 6.45) is 0. The molecule has 8 heteroatoms. The molecule has 0 atom stereocenters. The summed E-state index contributed by atoms with van der Waals surface area (Å²) in [5.74, 6) is -0.399. The van der Waals surface area contributed by atoms with Crippen molar-refractivity contribution in [2.24, 2.45) is 0 Å². The van der Waals surface area contributed by atoms with E-state index >= 15 is 0 Å². The SMILES string of the molecule is COC(=O)c1cc(C)sc1NC(=S)NCc1ccc(Cl)c(Cl)c1. The van der Waals surface area contributed by atoms with Crippen molar-refractivity contribution >= 4 is 62.8 Å². The molecule has 2 N–H and O–H groups in total. The molecular weight excluding hydrogens is 375 g/mol. The molecule has 2 aromatic rings. The standard InChI is InChI=1S/C15H14Cl2N2O2S2/c1-8-5-10(14(20)21-2)13(23-8)19-15(22)18-7-9-3-4-11(16)12(17)6-9/h3-6H,7H2,1-2H3,(H2,18,19,22). The van der Waals surface area contributed by atoms with Gasteiger partial charge in [0.15, 0.2) is 5.11 Å². The zero-order valence-corrected chi connectivity index (χ0v) is 15.6. The van der Waals surface area contributed by atoms with Gasteiger partial charge in [0, 0.05) is 11.4 Å². The van der Waals surface area contributed by atoms with Gasteiger partial charge in [-0.25, -0.2) is 4.79 Å². The summed E-state index contributed by atoms with van der Waals surface area (Å²) in [5, 5.41) is 8.14. The lowest BCUT2D eigenvalue weighted by Gasteiger charge is -2.11. The van der Waals surface area contributed by atoms with E-state index in [9.17, 15) is 4.79 Å². The first-order chi connectivity index (χ1) is 10.9. The summed E-state index contributed by atoms with van der Waals surface area (Å²) in [7, 11) is 1.35. The first-order valence-corrected chi connectivity index (χ1v) is 8.56. The highest BCUT2D eigenvalue weighted by atomic mass is 35.5. The van der Waals surface area contributed by atoms with Crippen LogP contribution in [0.1, 0.15) is 20.8 Å². The average molecular weight is 389 g/mol. The maximum atomic E-state index is 11.7. The van der Waals surface area contributed by atoms with Crippen LogP contribution in [-0.4, -0.2) is 18.2 Å². The smallest absolute Gasteiger partial charge is 0.340 e. The minimum atomic E-state index is -0.399. The molecule has 0 aliphatic heterocycles. The van der Waals surface area contributed by atoms with Crippen molar-refractivity contribution in [1.82, 2.24) is 5.32 Å². The molecule has 23 heavy (non-hydrogen) atoms. The van der Waals surface area contributed by atoms with Crippen molar-refractivity contribution < 1.29 is 9.53 Å². The number of anilines is 1. The van der Waals surface area contributed by atoms with Gasteiger partial charge in [0.05, 0.1) is 22.7 Å². The minimum Gasteiger partial charge on any atom is -0.465 e. The van der Waals surface area contributed by atoms with Crippen molar-refractivity contribution in [2.75, 3.05) is 12.4 Å². The molecule has 0 radical (unpaired) electrons. The van der Waals surface area contributed by atoms with E-state index in [0.29, 0.717) is 32.3 Å². The molecule has 0 unspecified atom stereocenters. The van der Waals surface area contributed by atoms with Crippen LogP contribution in [0.2, 0.25) is 10.0 Å². The van der Waals surface area contributed by atoms with Crippen LogP contribution in [0.3, 0.4) is 0 Å². The van der Waals surface area contributed by atoms with Crippen LogP contribution in [0.4, 0.5) is 5.00 Å². The van der Waals surface area contributed by atoms with Gasteiger partial charge >= 0.3 is 5.97 Å². The number of aryl methyl sites for hydroxylation is 1. The Kier molecular flexibility index (Phi) is 6.24. The molecule has 4 nitrogen and oxygen atoms in total. The third-order valence-corrected chi connectivity index (χ3v) is 4.88. The highest BCUT2D eigenvalue weighted by molar-refractivity contribution is 7.80. The molecule has 122 valence electrons. The largest absolute Gasteiger partial charge is 0.465 e. The van der Waals surface area contributed by atoms with E-state index in [1.165, 1.54) is 18.4 Å². The Labute approximate surface area is 153 Å². The second-order valence-corrected chi connectivity index (χ2v) is 7.13. The summed E-state index contributed by atoms with van der Waals surface area (Å²) >= 11 is 18.5. The number of methoxy groups -OCH3 is 1. The lowest BCUT2D eigenvalue weighted by atomic mass is 10.2. The number of carbonyl (C=O) groups excluding carboxylic acids is 1. The summed E-state index contributed by atoms with van der Waals surface area (Å²) in [6, 6.07) is 7.13. The minimum absolute atomic E-state index is 0.399. The molecule has 0 aliphatic carbocycles. The lowest BCUT2D eigenvalue weighted by Crippen LogP contribution is -2.28. The predicted molar refractivity (Wildman–Crippen MR) is 99.9 cm³/mol. The van der Waals surface area contributed by atoms with Gasteiger partial charge in [-0.05, 0) is 42.9 Å². The summed E-state index contributed by atoms with van der Waals surface area (Å²) in [4.78, 5) is 12.7. The Bertz CT molecular complexity index is 747. The van der Waals surface area contributed by atoms with Crippen LogP contribution in [-0.2, 0) is 11.3 Å². The molecule has 0 fully saturated rings. The molecule has 0 aliphatic rings. The second-order valence-electron chi connectivity index (χ2n) is 4.65. The van der Waals surface area contributed by atoms with Gasteiger partial charge in [0.2, 0.25) is 0 Å². The maximum Gasteiger partial charge on any atom is 0.340 e. The fraction of sp³-hybridized carbons (Fsp3) is 0.200. The van der Waals surface area contributed by atoms with E-state index in [-0.39, 0.29) is 0 Å². The fourth-order valence-corrected chi connectivity index (χ4v) is 3.31. The van der Waals surface area contributed by atoms with Gasteiger partial charge in [-0.1, -0.05) is 29.3 Å². The molecule has 1 heterocycles. The zero-order valence-electron chi connectivity index (χ0n) is 12.4. The predicted octanol–water partition coefficient (Wildman–Crippen LogP) is 4.64. The van der Waals surface area contributed by atoms with Gasteiger partial charge < -0.3 is 15.4 Å². The molecular formula is C15H14Cl2N2O2S2. The van der Waals surface area contributed by atoms with Crippen molar-refractivity contribution in [2.45, 2.75) is 13.5 Å². The van der Waals surface area contributed by atoms with Crippen LogP contribution in [0, 0.1) is 6.92 Å². The van der Waals surface area contributed by atoms with Crippen molar-refractivity contribution in [1.29, 1.82) is 0 Å². The number of rotatable bonds is 4. The Morgan fingerprint density at radius 1 is 1.30 bits per heavy atom. The van der Waals surface area contributed by atoms with Crippen LogP contribution in [0.15, 0.2) is 24.3 Å². The number of thiophene rings is 1. The van der Waals surface area contributed by atoms with Crippen molar-refractivity contribution in [3.63, 3.8) is 0 Å². The monoisotopic (exact) mass is 388 g/mol. The number of nitrogens with one attached hydrogen (secondary N) is 2. The molecule has 1 aromatic heterocycles. The van der Waals surface area contributed by atoms with E-state index in [0.717, 1.165) is 10.4 Å². The fourth-order valence-electron chi connectivity index (χ4n) is 1.85. The Hall–Kier alpha value is -1.34. The van der Waals surface area contributed by atoms with E-state index in [4.69, 9.17) is 40.2 Å². The number of hydrogen-bond donors (Lipinski definition) is 2. The van der Waals surface area contributed by atoms with Crippen LogP contribution < -0.4 is 10.6 Å². The van der Waals surface area contributed by atoms with Crippen LogP contribution in [0.5, 0.6) is 0 Å². The first kappa shape index (κ1) is 18.0.